The van der Waals surface area contributed by atoms with E-state index in [4.69, 9.17) is 18.0 Å². The number of hydrogen-bond acceptors (Lipinski definition) is 3. The van der Waals surface area contributed by atoms with Gasteiger partial charge in [-0.05, 0) is 13.3 Å². The zero-order valence-corrected chi connectivity index (χ0v) is 10.3. The van der Waals surface area contributed by atoms with Crippen molar-refractivity contribution in [2.75, 3.05) is 6.54 Å². The maximum absolute atomic E-state index is 11.4. The quantitative estimate of drug-likeness (QED) is 0.564. The van der Waals surface area contributed by atoms with Gasteiger partial charge in [-0.15, -0.1) is 0 Å². The van der Waals surface area contributed by atoms with Crippen molar-refractivity contribution < 1.29 is 8.42 Å². The average molecular weight is 239 g/mol. The Kier molecular flexibility index (Phi) is 4.93. The Morgan fingerprint density at radius 1 is 1.50 bits per heavy atom. The molecule has 0 fully saturated rings. The second-order valence-corrected chi connectivity index (χ2v) is 5.09. The van der Waals surface area contributed by atoms with Crippen molar-refractivity contribution in [3.63, 3.8) is 0 Å². The molecular weight excluding hydrogens is 222 g/mol. The predicted molar refractivity (Wildman–Crippen MR) is 61.2 cm³/mol. The lowest BCUT2D eigenvalue weighted by Crippen LogP contribution is -2.56. The molecule has 84 valence electrons. The fraction of sp³-hybridized carbons (Fsp3) is 0.857. The van der Waals surface area contributed by atoms with Crippen LogP contribution in [0.25, 0.3) is 0 Å². The van der Waals surface area contributed by atoms with E-state index < -0.39 is 15.7 Å². The second kappa shape index (κ2) is 5.01. The van der Waals surface area contributed by atoms with Crippen molar-refractivity contribution in [2.24, 2.45) is 5.73 Å². The number of nitrogens with one attached hydrogen (secondary N) is 2. The molecule has 0 heterocycles. The summed E-state index contributed by atoms with van der Waals surface area (Å²) >= 11 is 4.80. The van der Waals surface area contributed by atoms with Gasteiger partial charge in [-0.1, -0.05) is 26.1 Å². The van der Waals surface area contributed by atoms with Crippen molar-refractivity contribution in [3.8, 4) is 0 Å². The zero-order chi connectivity index (χ0) is 11.4. The fourth-order valence-electron chi connectivity index (χ4n) is 0.819. The minimum atomic E-state index is -3.51. The first-order valence-corrected chi connectivity index (χ1v) is 6.25. The molecule has 1 atom stereocenters. The van der Waals surface area contributed by atoms with Crippen LogP contribution in [0.1, 0.15) is 27.2 Å². The van der Waals surface area contributed by atoms with Gasteiger partial charge in [-0.2, -0.15) is 13.1 Å². The van der Waals surface area contributed by atoms with Crippen LogP contribution in [0.15, 0.2) is 0 Å². The molecule has 0 aliphatic heterocycles. The lowest BCUT2D eigenvalue weighted by atomic mass is 10.0. The van der Waals surface area contributed by atoms with E-state index in [1.807, 2.05) is 6.92 Å². The first-order valence-electron chi connectivity index (χ1n) is 4.36. The van der Waals surface area contributed by atoms with Gasteiger partial charge in [0.25, 0.3) is 10.2 Å². The third kappa shape index (κ3) is 3.87. The first kappa shape index (κ1) is 13.8. The Hall–Kier alpha value is -0.240. The van der Waals surface area contributed by atoms with Gasteiger partial charge in [-0.25, -0.2) is 4.72 Å². The molecule has 0 aliphatic rings. The molecule has 0 aromatic rings. The van der Waals surface area contributed by atoms with Crippen LogP contribution in [0.5, 0.6) is 0 Å². The Morgan fingerprint density at radius 2 is 2.00 bits per heavy atom. The number of thiocarbonyl (C=S) groups is 1. The van der Waals surface area contributed by atoms with Crippen molar-refractivity contribution in [3.05, 3.63) is 0 Å². The Morgan fingerprint density at radius 3 is 2.29 bits per heavy atom. The van der Waals surface area contributed by atoms with Crippen molar-refractivity contribution in [1.82, 2.24) is 9.44 Å². The molecule has 7 heteroatoms. The molecule has 0 bridgehead atoms. The minimum Gasteiger partial charge on any atom is -0.392 e. The standard InChI is InChI=1S/C7H17N3O2S2/c1-4-7(3,6(8)13)10-14(11,12)9-5-2/h9-10H,4-5H2,1-3H3,(H2,8,13). The van der Waals surface area contributed by atoms with Gasteiger partial charge in [-0.3, -0.25) is 0 Å². The fourth-order valence-corrected chi connectivity index (χ4v) is 2.38. The third-order valence-electron chi connectivity index (χ3n) is 1.94. The van der Waals surface area contributed by atoms with E-state index in [0.717, 1.165) is 0 Å². The molecule has 0 radical (unpaired) electrons. The van der Waals surface area contributed by atoms with Crippen molar-refractivity contribution >= 4 is 27.4 Å². The highest BCUT2D eigenvalue weighted by molar-refractivity contribution is 7.87. The highest BCUT2D eigenvalue weighted by Crippen LogP contribution is 2.10. The van der Waals surface area contributed by atoms with Gasteiger partial charge < -0.3 is 5.73 Å². The number of rotatable bonds is 6. The van der Waals surface area contributed by atoms with Crippen LogP contribution in [-0.2, 0) is 10.2 Å². The summed E-state index contributed by atoms with van der Waals surface area (Å²) in [5, 5.41) is 0. The normalized spacial score (nSPS) is 16.2. The van der Waals surface area contributed by atoms with Crippen LogP contribution >= 0.6 is 12.2 Å². The van der Waals surface area contributed by atoms with E-state index in [1.54, 1.807) is 13.8 Å². The largest absolute Gasteiger partial charge is 0.392 e. The molecule has 0 rings (SSSR count). The highest BCUT2D eigenvalue weighted by Gasteiger charge is 2.30. The van der Waals surface area contributed by atoms with E-state index in [9.17, 15) is 8.42 Å². The van der Waals surface area contributed by atoms with Crippen LogP contribution in [0.4, 0.5) is 0 Å². The summed E-state index contributed by atoms with van der Waals surface area (Å²) in [6.07, 6.45) is 0.507. The molecule has 0 saturated heterocycles. The molecule has 4 N–H and O–H groups in total. The van der Waals surface area contributed by atoms with Crippen LogP contribution in [0.2, 0.25) is 0 Å². The Balaban J connectivity index is 4.71. The Labute approximate surface area is 90.6 Å². The molecule has 1 unspecified atom stereocenters. The smallest absolute Gasteiger partial charge is 0.277 e. The minimum absolute atomic E-state index is 0.140. The summed E-state index contributed by atoms with van der Waals surface area (Å²) in [6, 6.07) is 0. The third-order valence-corrected chi connectivity index (χ3v) is 3.78. The van der Waals surface area contributed by atoms with Crippen LogP contribution in [0.3, 0.4) is 0 Å². The van der Waals surface area contributed by atoms with Crippen LogP contribution < -0.4 is 15.2 Å². The van der Waals surface area contributed by atoms with Gasteiger partial charge in [0.2, 0.25) is 0 Å². The Bertz CT molecular complexity index is 302. The molecule has 0 aromatic carbocycles. The summed E-state index contributed by atoms with van der Waals surface area (Å²) in [4.78, 5) is 0.140. The molecule has 0 aliphatic carbocycles. The van der Waals surface area contributed by atoms with E-state index in [2.05, 4.69) is 9.44 Å². The summed E-state index contributed by atoms with van der Waals surface area (Å²) < 4.78 is 27.5. The molecule has 0 aromatic heterocycles. The topological polar surface area (TPSA) is 84.2 Å². The van der Waals surface area contributed by atoms with Crippen LogP contribution in [-0.4, -0.2) is 25.5 Å². The maximum atomic E-state index is 11.4. The van der Waals surface area contributed by atoms with Crippen molar-refractivity contribution in [1.29, 1.82) is 0 Å². The van der Waals surface area contributed by atoms with E-state index >= 15 is 0 Å². The summed E-state index contributed by atoms with van der Waals surface area (Å²) in [5.41, 5.74) is 4.60. The summed E-state index contributed by atoms with van der Waals surface area (Å²) in [7, 11) is -3.51. The number of nitrogens with two attached hydrogens (primary N) is 1. The van der Waals surface area contributed by atoms with Gasteiger partial charge in [0.05, 0.1) is 10.5 Å². The monoisotopic (exact) mass is 239 g/mol. The molecule has 5 nitrogen and oxygen atoms in total. The van der Waals surface area contributed by atoms with E-state index in [-0.39, 0.29) is 4.99 Å². The first-order chi connectivity index (χ1) is 6.27. The van der Waals surface area contributed by atoms with E-state index in [1.165, 1.54) is 0 Å². The highest BCUT2D eigenvalue weighted by atomic mass is 32.2. The van der Waals surface area contributed by atoms with Crippen LogP contribution in [0, 0.1) is 0 Å². The van der Waals surface area contributed by atoms with Crippen molar-refractivity contribution in [2.45, 2.75) is 32.7 Å². The summed E-state index contributed by atoms with van der Waals surface area (Å²) in [5.74, 6) is 0. The molecule has 0 amide bonds. The van der Waals surface area contributed by atoms with Gasteiger partial charge in [0, 0.05) is 6.54 Å². The zero-order valence-electron chi connectivity index (χ0n) is 8.62. The second-order valence-electron chi connectivity index (χ2n) is 3.15. The van der Waals surface area contributed by atoms with Gasteiger partial charge >= 0.3 is 0 Å². The molecular formula is C7H17N3O2S2. The lowest BCUT2D eigenvalue weighted by Gasteiger charge is -2.27. The molecule has 0 spiro atoms. The summed E-state index contributed by atoms with van der Waals surface area (Å²) in [6.45, 7) is 5.49. The maximum Gasteiger partial charge on any atom is 0.277 e. The van der Waals surface area contributed by atoms with E-state index in [0.29, 0.717) is 13.0 Å². The average Bonchev–Trinajstić information content (AvgIpc) is 2.02. The predicted octanol–water partition coefficient (Wildman–Crippen LogP) is -0.115. The van der Waals surface area contributed by atoms with Gasteiger partial charge in [0.1, 0.15) is 0 Å². The molecule has 0 saturated carbocycles. The molecule has 14 heavy (non-hydrogen) atoms. The SMILES string of the molecule is CCNS(=O)(=O)NC(C)(CC)C(N)=S. The lowest BCUT2D eigenvalue weighted by molar-refractivity contribution is 0.504. The number of hydrogen-bond donors (Lipinski definition) is 3. The van der Waals surface area contributed by atoms with Gasteiger partial charge in [0.15, 0.2) is 0 Å².